The number of aliphatic hydroxyl groups is 1. The number of ether oxygens (including phenoxy) is 6. The van der Waals surface area contributed by atoms with Crippen molar-refractivity contribution < 1.29 is 63.9 Å². The van der Waals surface area contributed by atoms with Crippen LogP contribution in [0.4, 0.5) is 4.79 Å². The third-order valence-electron chi connectivity index (χ3n) is 8.12. The Hall–Kier alpha value is -3.23. The number of carbonyl (C=O) groups excluding carboxylic acids is 1. The van der Waals surface area contributed by atoms with Gasteiger partial charge in [-0.2, -0.15) is 12.7 Å². The summed E-state index contributed by atoms with van der Waals surface area (Å²) in [6, 6.07) is 10.1. The van der Waals surface area contributed by atoms with E-state index in [0.717, 1.165) is 0 Å². The van der Waals surface area contributed by atoms with Gasteiger partial charge in [0.05, 0.1) is 49.4 Å². The summed E-state index contributed by atoms with van der Waals surface area (Å²) >= 11 is 0. The van der Waals surface area contributed by atoms with Crippen molar-refractivity contribution in [2.75, 3.05) is 46.3 Å². The first-order chi connectivity index (χ1) is 23.3. The first kappa shape index (κ1) is 37.0. The largest absolute Gasteiger partial charge is 0.494 e. The van der Waals surface area contributed by atoms with Gasteiger partial charge in [0.25, 0.3) is 0 Å². The maximum Gasteiger partial charge on any atom is 0.407 e. The minimum Gasteiger partial charge on any atom is -0.494 e. The predicted octanol–water partition coefficient (Wildman–Crippen LogP) is 2.11. The summed E-state index contributed by atoms with van der Waals surface area (Å²) in [6.45, 7) is 3.99. The molecule has 3 aliphatic rings. The minimum atomic E-state index is -4.52. The number of hydrogen-bond donors (Lipinski definition) is 3. The second-order valence-corrected chi connectivity index (χ2v) is 15.3. The summed E-state index contributed by atoms with van der Waals surface area (Å²) in [5.74, 6) is 1.01. The van der Waals surface area contributed by atoms with Crippen molar-refractivity contribution in [2.45, 2.75) is 62.5 Å². The van der Waals surface area contributed by atoms with Gasteiger partial charge >= 0.3 is 16.5 Å². The zero-order valence-corrected chi connectivity index (χ0v) is 28.8. The van der Waals surface area contributed by atoms with Crippen LogP contribution < -0.4 is 19.5 Å². The van der Waals surface area contributed by atoms with Crippen molar-refractivity contribution in [3.8, 4) is 17.2 Å². The number of hydrogen-bond acceptors (Lipinski definition) is 13. The molecule has 1 amide bonds. The standard InChI is InChI=1S/C31H42N2O14S2/c1-20(2)16-33(48(36,37)23-8-9-27-28(15-23)45-19-44-27)17-26(34)25(32-31(35)47-29-18-43-30-24(29)10-13-42-30)14-21-4-6-22(7-5-21)41-11-3-12-46-49(38,39)40/h4-9,15,20,24-26,29-30,34H,3,10-14,16-19H2,1-2H3,(H,32,35)(H,38,39,40). The highest BCUT2D eigenvalue weighted by molar-refractivity contribution is 7.89. The van der Waals surface area contributed by atoms with E-state index in [-0.39, 0.29) is 69.3 Å². The first-order valence-electron chi connectivity index (χ1n) is 15.9. The van der Waals surface area contributed by atoms with E-state index >= 15 is 0 Å². The van der Waals surface area contributed by atoms with Crippen LogP contribution in [0.1, 0.15) is 32.3 Å². The van der Waals surface area contributed by atoms with E-state index < -0.39 is 51.1 Å². The topological polar surface area (TPSA) is 206 Å². The third-order valence-corrected chi connectivity index (χ3v) is 10.4. The molecule has 0 aromatic heterocycles. The van der Waals surface area contributed by atoms with Gasteiger partial charge < -0.3 is 38.8 Å². The molecule has 0 aliphatic carbocycles. The summed E-state index contributed by atoms with van der Waals surface area (Å²) in [5.41, 5.74) is 0.689. The molecule has 5 atom stereocenters. The fourth-order valence-electron chi connectivity index (χ4n) is 5.74. The quantitative estimate of drug-likeness (QED) is 0.158. The number of benzene rings is 2. The molecule has 2 fully saturated rings. The number of carbonyl (C=O) groups is 1. The number of alkyl carbamates (subject to hydrolysis) is 1. The highest BCUT2D eigenvalue weighted by Crippen LogP contribution is 2.35. The van der Waals surface area contributed by atoms with Crippen molar-refractivity contribution in [1.82, 2.24) is 9.62 Å². The van der Waals surface area contributed by atoms with Gasteiger partial charge in [0.1, 0.15) is 11.9 Å². The Morgan fingerprint density at radius 2 is 1.78 bits per heavy atom. The summed E-state index contributed by atoms with van der Waals surface area (Å²) in [4.78, 5) is 13.2. The van der Waals surface area contributed by atoms with Gasteiger partial charge in [0.2, 0.25) is 16.8 Å². The fraction of sp³-hybridized carbons (Fsp3) is 0.581. The normalized spacial score (nSPS) is 21.5. The van der Waals surface area contributed by atoms with Crippen molar-refractivity contribution in [1.29, 1.82) is 0 Å². The number of rotatable bonds is 17. The van der Waals surface area contributed by atoms with Gasteiger partial charge in [-0.15, -0.1) is 0 Å². The molecule has 0 saturated carbocycles. The highest BCUT2D eigenvalue weighted by atomic mass is 32.3. The zero-order chi connectivity index (χ0) is 35.2. The molecule has 2 saturated heterocycles. The van der Waals surface area contributed by atoms with Crippen LogP contribution >= 0.6 is 0 Å². The molecule has 2 aromatic carbocycles. The van der Waals surface area contributed by atoms with Gasteiger partial charge in [0, 0.05) is 25.6 Å². The van der Waals surface area contributed by atoms with E-state index in [1.807, 2.05) is 13.8 Å². The lowest BCUT2D eigenvalue weighted by Crippen LogP contribution is -2.51. The summed E-state index contributed by atoms with van der Waals surface area (Å²) in [6.07, 6.45) is -2.13. The van der Waals surface area contributed by atoms with Crippen molar-refractivity contribution in [2.24, 2.45) is 11.8 Å². The Morgan fingerprint density at radius 1 is 1.02 bits per heavy atom. The van der Waals surface area contributed by atoms with Crippen molar-refractivity contribution in [3.05, 3.63) is 48.0 Å². The Morgan fingerprint density at radius 3 is 2.51 bits per heavy atom. The molecule has 5 rings (SSSR count). The molecular weight excluding hydrogens is 688 g/mol. The molecule has 0 radical (unpaired) electrons. The van der Waals surface area contributed by atoms with E-state index in [9.17, 15) is 26.7 Å². The van der Waals surface area contributed by atoms with Gasteiger partial charge in [0.15, 0.2) is 17.8 Å². The molecule has 16 nitrogen and oxygen atoms in total. The molecule has 0 bridgehead atoms. The second kappa shape index (κ2) is 16.2. The number of amides is 1. The lowest BCUT2D eigenvalue weighted by molar-refractivity contribution is -0.0907. The van der Waals surface area contributed by atoms with Crippen LogP contribution in [0.25, 0.3) is 0 Å². The van der Waals surface area contributed by atoms with E-state index in [0.29, 0.717) is 35.8 Å². The Kier molecular flexibility index (Phi) is 12.2. The van der Waals surface area contributed by atoms with Crippen LogP contribution in [-0.2, 0) is 45.2 Å². The molecular formula is C31H42N2O14S2. The lowest BCUT2D eigenvalue weighted by atomic mass is 10.0. The molecule has 49 heavy (non-hydrogen) atoms. The second-order valence-electron chi connectivity index (χ2n) is 12.3. The monoisotopic (exact) mass is 730 g/mol. The zero-order valence-electron chi connectivity index (χ0n) is 27.1. The molecule has 18 heteroatoms. The van der Waals surface area contributed by atoms with Crippen molar-refractivity contribution >= 4 is 26.5 Å². The van der Waals surface area contributed by atoms with Gasteiger partial charge in [-0.05, 0) is 48.6 Å². The molecule has 272 valence electrons. The van der Waals surface area contributed by atoms with Gasteiger partial charge in [-0.25, -0.2) is 17.4 Å². The maximum atomic E-state index is 13.9. The Bertz CT molecular complexity index is 1640. The van der Waals surface area contributed by atoms with Crippen LogP contribution in [-0.4, -0.2) is 108 Å². The average Bonchev–Trinajstić information content (AvgIpc) is 3.79. The number of aliphatic hydroxyl groups excluding tert-OH is 1. The fourth-order valence-corrected chi connectivity index (χ4v) is 7.71. The summed E-state index contributed by atoms with van der Waals surface area (Å²) in [5, 5.41) is 14.3. The first-order valence-corrected chi connectivity index (χ1v) is 18.7. The predicted molar refractivity (Wildman–Crippen MR) is 171 cm³/mol. The number of sulfonamides is 1. The van der Waals surface area contributed by atoms with Crippen LogP contribution in [0, 0.1) is 11.8 Å². The summed E-state index contributed by atoms with van der Waals surface area (Å²) < 4.78 is 96.3. The van der Waals surface area contributed by atoms with Gasteiger partial charge in [-0.1, -0.05) is 26.0 Å². The Balaban J connectivity index is 1.29. The molecule has 3 heterocycles. The smallest absolute Gasteiger partial charge is 0.407 e. The van der Waals surface area contributed by atoms with Gasteiger partial charge in [-0.3, -0.25) is 4.55 Å². The SMILES string of the molecule is CC(C)CN(CC(O)C(Cc1ccc(OCCCOS(=O)(=O)O)cc1)NC(=O)OC1COC2OCCC12)S(=O)(=O)c1ccc2c(c1)OCO2. The maximum absolute atomic E-state index is 13.9. The van der Waals surface area contributed by atoms with E-state index in [4.69, 9.17) is 33.0 Å². The Labute approximate surface area is 285 Å². The van der Waals surface area contributed by atoms with Crippen LogP contribution in [0.2, 0.25) is 0 Å². The third kappa shape index (κ3) is 10.2. The average molecular weight is 731 g/mol. The molecule has 3 aliphatic heterocycles. The minimum absolute atomic E-state index is 0.0166. The highest BCUT2D eigenvalue weighted by Gasteiger charge is 2.44. The summed E-state index contributed by atoms with van der Waals surface area (Å²) in [7, 11) is -8.64. The van der Waals surface area contributed by atoms with Crippen LogP contribution in [0.3, 0.4) is 0 Å². The molecule has 0 spiro atoms. The number of fused-ring (bicyclic) bond motifs is 2. The number of nitrogens with zero attached hydrogens (tertiary/aromatic N) is 1. The van der Waals surface area contributed by atoms with Crippen molar-refractivity contribution in [3.63, 3.8) is 0 Å². The molecule has 2 aromatic rings. The number of nitrogens with one attached hydrogen (secondary N) is 1. The van der Waals surface area contributed by atoms with E-state index in [1.165, 1.54) is 22.5 Å². The van der Waals surface area contributed by atoms with E-state index in [2.05, 4.69) is 9.50 Å². The van der Waals surface area contributed by atoms with E-state index in [1.54, 1.807) is 24.3 Å². The van der Waals surface area contributed by atoms with Crippen LogP contribution in [0.5, 0.6) is 17.2 Å². The molecule has 3 N–H and O–H groups in total. The molecule has 5 unspecified atom stereocenters. The van der Waals surface area contributed by atoms with Crippen LogP contribution in [0.15, 0.2) is 47.4 Å². The lowest BCUT2D eigenvalue weighted by Gasteiger charge is -2.31.